The molecule has 2 aromatic rings. The standard InChI is InChI=1S/C29H38N2O/c1-30(19-22-8-5-9-25(32)16-22)24-12-11-23-17-28-26-10-2-3-13-29(26,27(23)18-24)14-15-31(28)20-21-6-4-7-21/h5,8-9,11-12,16,18,21,26,28,32H,2-4,6-7,10,13-15,17,19-20H2,1H3/t26-,28+,29+/m0/s1. The van der Waals surface area contributed by atoms with Gasteiger partial charge in [0.25, 0.3) is 0 Å². The molecule has 1 heterocycles. The summed E-state index contributed by atoms with van der Waals surface area (Å²) < 4.78 is 0. The maximum absolute atomic E-state index is 9.85. The molecule has 3 nitrogen and oxygen atoms in total. The molecule has 3 heteroatoms. The van der Waals surface area contributed by atoms with Gasteiger partial charge >= 0.3 is 0 Å². The number of piperidine rings is 1. The van der Waals surface area contributed by atoms with Gasteiger partial charge in [-0.3, -0.25) is 4.90 Å². The van der Waals surface area contributed by atoms with Crippen LogP contribution in [-0.4, -0.2) is 36.2 Å². The molecule has 0 unspecified atom stereocenters. The normalized spacial score (nSPS) is 29.7. The highest BCUT2D eigenvalue weighted by molar-refractivity contribution is 5.55. The minimum absolute atomic E-state index is 0.352. The van der Waals surface area contributed by atoms with E-state index in [-0.39, 0.29) is 0 Å². The number of benzene rings is 2. The second-order valence-electron chi connectivity index (χ2n) is 11.2. The third kappa shape index (κ3) is 3.44. The molecule has 2 saturated carbocycles. The van der Waals surface area contributed by atoms with E-state index in [0.29, 0.717) is 11.2 Å². The van der Waals surface area contributed by atoms with E-state index in [4.69, 9.17) is 0 Å². The van der Waals surface area contributed by atoms with Gasteiger partial charge in [-0.05, 0) is 97.9 Å². The van der Waals surface area contributed by atoms with Gasteiger partial charge in [0.05, 0.1) is 0 Å². The highest BCUT2D eigenvalue weighted by Crippen LogP contribution is 2.56. The molecule has 170 valence electrons. The first-order valence-electron chi connectivity index (χ1n) is 13.0. The third-order valence-corrected chi connectivity index (χ3v) is 9.42. The number of anilines is 1. The van der Waals surface area contributed by atoms with Crippen molar-refractivity contribution < 1.29 is 5.11 Å². The van der Waals surface area contributed by atoms with Crippen LogP contribution in [0, 0.1) is 11.8 Å². The lowest BCUT2D eigenvalue weighted by Gasteiger charge is -2.60. The van der Waals surface area contributed by atoms with E-state index in [9.17, 15) is 5.11 Å². The largest absolute Gasteiger partial charge is 0.508 e. The van der Waals surface area contributed by atoms with Gasteiger partial charge in [0.1, 0.15) is 5.75 Å². The molecule has 3 fully saturated rings. The van der Waals surface area contributed by atoms with E-state index in [1.807, 2.05) is 12.1 Å². The summed E-state index contributed by atoms with van der Waals surface area (Å²) in [5.74, 6) is 2.18. The van der Waals surface area contributed by atoms with E-state index in [1.54, 1.807) is 17.2 Å². The van der Waals surface area contributed by atoms with Gasteiger partial charge in [-0.25, -0.2) is 0 Å². The molecule has 0 spiro atoms. The Kier molecular flexibility index (Phi) is 5.21. The molecular formula is C29H38N2O. The molecule has 1 saturated heterocycles. The molecule has 1 aliphatic heterocycles. The summed E-state index contributed by atoms with van der Waals surface area (Å²) in [6.45, 7) is 3.49. The van der Waals surface area contributed by atoms with Crippen molar-refractivity contribution in [2.24, 2.45) is 11.8 Å². The summed E-state index contributed by atoms with van der Waals surface area (Å²) in [7, 11) is 2.19. The number of hydrogen-bond acceptors (Lipinski definition) is 3. The predicted octanol–water partition coefficient (Wildman–Crippen LogP) is 5.89. The molecule has 2 bridgehead atoms. The van der Waals surface area contributed by atoms with E-state index in [1.165, 1.54) is 76.6 Å². The smallest absolute Gasteiger partial charge is 0.115 e. The quantitative estimate of drug-likeness (QED) is 0.641. The van der Waals surface area contributed by atoms with Crippen LogP contribution < -0.4 is 4.90 Å². The first kappa shape index (κ1) is 20.6. The molecule has 32 heavy (non-hydrogen) atoms. The van der Waals surface area contributed by atoms with Crippen LogP contribution in [0.25, 0.3) is 0 Å². The Morgan fingerprint density at radius 1 is 1.03 bits per heavy atom. The first-order chi connectivity index (χ1) is 15.6. The van der Waals surface area contributed by atoms with E-state index < -0.39 is 0 Å². The van der Waals surface area contributed by atoms with Gasteiger partial charge < -0.3 is 10.0 Å². The number of hydrogen-bond donors (Lipinski definition) is 1. The lowest BCUT2D eigenvalue weighted by Crippen LogP contribution is -2.61. The van der Waals surface area contributed by atoms with Crippen LogP contribution in [0.5, 0.6) is 5.75 Å². The van der Waals surface area contributed by atoms with Crippen molar-refractivity contribution in [3.63, 3.8) is 0 Å². The maximum Gasteiger partial charge on any atom is 0.115 e. The Morgan fingerprint density at radius 3 is 2.75 bits per heavy atom. The first-order valence-corrected chi connectivity index (χ1v) is 13.0. The van der Waals surface area contributed by atoms with Crippen molar-refractivity contribution >= 4 is 5.69 Å². The van der Waals surface area contributed by atoms with Crippen molar-refractivity contribution in [1.29, 1.82) is 0 Å². The zero-order valence-electron chi connectivity index (χ0n) is 19.6. The van der Waals surface area contributed by atoms with E-state index in [0.717, 1.165) is 30.0 Å². The molecule has 2 aromatic carbocycles. The zero-order valence-corrected chi connectivity index (χ0v) is 19.6. The minimum Gasteiger partial charge on any atom is -0.508 e. The molecule has 0 aromatic heterocycles. The molecule has 4 aliphatic rings. The van der Waals surface area contributed by atoms with Crippen molar-refractivity contribution in [3.8, 4) is 5.75 Å². The summed E-state index contributed by atoms with van der Waals surface area (Å²) in [6.07, 6.45) is 12.6. The van der Waals surface area contributed by atoms with E-state index in [2.05, 4.69) is 41.1 Å². The van der Waals surface area contributed by atoms with Crippen LogP contribution in [0.2, 0.25) is 0 Å². The number of rotatable bonds is 5. The fraction of sp³-hybridized carbons (Fsp3) is 0.586. The SMILES string of the molecule is CN(Cc1cccc(O)c1)c1ccc2c(c1)[C@@]13CCCC[C@H]1[C@@H](C2)N(CC1CCC1)CC3. The van der Waals surface area contributed by atoms with Crippen LogP contribution in [0.1, 0.15) is 68.1 Å². The fourth-order valence-electron chi connectivity index (χ4n) is 7.56. The molecule has 1 N–H and O–H groups in total. The summed E-state index contributed by atoms with van der Waals surface area (Å²) >= 11 is 0. The Labute approximate surface area is 193 Å². The topological polar surface area (TPSA) is 26.7 Å². The van der Waals surface area contributed by atoms with Gasteiger partial charge in [-0.2, -0.15) is 0 Å². The summed E-state index contributed by atoms with van der Waals surface area (Å²) in [5, 5.41) is 9.85. The third-order valence-electron chi connectivity index (χ3n) is 9.42. The second kappa shape index (κ2) is 8.09. The number of aromatic hydroxyl groups is 1. The number of likely N-dealkylation sites (tertiary alicyclic amines) is 1. The van der Waals surface area contributed by atoms with Gasteiger partial charge in [0.15, 0.2) is 0 Å². The summed E-state index contributed by atoms with van der Waals surface area (Å²) in [4.78, 5) is 5.27. The Morgan fingerprint density at radius 2 is 1.94 bits per heavy atom. The van der Waals surface area contributed by atoms with Gasteiger partial charge in [0, 0.05) is 37.3 Å². The summed E-state index contributed by atoms with van der Waals surface area (Å²) in [5.41, 5.74) is 6.20. The number of fused-ring (bicyclic) bond motifs is 1. The van der Waals surface area contributed by atoms with Crippen molar-refractivity contribution in [2.75, 3.05) is 25.0 Å². The monoisotopic (exact) mass is 430 g/mol. The van der Waals surface area contributed by atoms with Crippen molar-refractivity contribution in [1.82, 2.24) is 4.90 Å². The predicted molar refractivity (Wildman–Crippen MR) is 131 cm³/mol. The van der Waals surface area contributed by atoms with E-state index >= 15 is 0 Å². The Balaban J connectivity index is 1.30. The molecule has 0 radical (unpaired) electrons. The molecule has 6 rings (SSSR count). The molecule has 0 amide bonds. The summed E-state index contributed by atoms with van der Waals surface area (Å²) in [6, 6.07) is 15.8. The van der Waals surface area contributed by atoms with Crippen molar-refractivity contribution in [2.45, 2.75) is 75.8 Å². The average Bonchev–Trinajstić information content (AvgIpc) is 2.77. The number of phenols is 1. The molecule has 3 aliphatic carbocycles. The van der Waals surface area contributed by atoms with Gasteiger partial charge in [0.2, 0.25) is 0 Å². The van der Waals surface area contributed by atoms with Crippen molar-refractivity contribution in [3.05, 3.63) is 59.2 Å². The number of nitrogens with zero attached hydrogens (tertiary/aromatic N) is 2. The van der Waals surface area contributed by atoms with Crippen LogP contribution in [0.3, 0.4) is 0 Å². The lowest BCUT2D eigenvalue weighted by molar-refractivity contribution is -0.0239. The Hall–Kier alpha value is -2.00. The minimum atomic E-state index is 0.352. The molecular weight excluding hydrogens is 392 g/mol. The van der Waals surface area contributed by atoms with Gasteiger partial charge in [-0.15, -0.1) is 0 Å². The van der Waals surface area contributed by atoms with Crippen LogP contribution >= 0.6 is 0 Å². The lowest BCUT2D eigenvalue weighted by atomic mass is 9.52. The highest BCUT2D eigenvalue weighted by atomic mass is 16.3. The number of phenolic OH excluding ortho intramolecular Hbond substituents is 1. The van der Waals surface area contributed by atoms with Crippen LogP contribution in [0.4, 0.5) is 5.69 Å². The second-order valence-corrected chi connectivity index (χ2v) is 11.2. The maximum atomic E-state index is 9.85. The van der Waals surface area contributed by atoms with Crippen LogP contribution in [0.15, 0.2) is 42.5 Å². The average molecular weight is 431 g/mol. The highest BCUT2D eigenvalue weighted by Gasteiger charge is 2.54. The zero-order chi connectivity index (χ0) is 21.7. The fourth-order valence-corrected chi connectivity index (χ4v) is 7.56. The molecule has 3 atom stereocenters. The van der Waals surface area contributed by atoms with Gasteiger partial charge in [-0.1, -0.05) is 37.5 Å². The Bertz CT molecular complexity index is 983. The van der Waals surface area contributed by atoms with Crippen LogP contribution in [-0.2, 0) is 18.4 Å².